The van der Waals surface area contributed by atoms with Gasteiger partial charge in [-0.1, -0.05) is 37.8 Å². The summed E-state index contributed by atoms with van der Waals surface area (Å²) < 4.78 is 38.2. The van der Waals surface area contributed by atoms with Crippen LogP contribution in [0.15, 0.2) is 24.3 Å². The van der Waals surface area contributed by atoms with Crippen LogP contribution in [0.3, 0.4) is 0 Å². The highest BCUT2D eigenvalue weighted by Gasteiger charge is 2.31. The molecule has 5 heteroatoms. The van der Waals surface area contributed by atoms with Gasteiger partial charge in [-0.2, -0.15) is 18.4 Å². The van der Waals surface area contributed by atoms with Crippen LogP contribution >= 0.6 is 0 Å². The number of halogens is 3. The normalized spacial score (nSPS) is 18.8. The lowest BCUT2D eigenvalue weighted by Gasteiger charge is -2.21. The fraction of sp³-hybridized carbons (Fsp3) is 0.562. The number of nitrogens with one attached hydrogen (secondary N) is 1. The van der Waals surface area contributed by atoms with Gasteiger partial charge in [0.05, 0.1) is 11.6 Å². The van der Waals surface area contributed by atoms with Gasteiger partial charge in [0.2, 0.25) is 0 Å². The fourth-order valence-electron chi connectivity index (χ4n) is 2.78. The minimum absolute atomic E-state index is 0.215. The lowest BCUT2D eigenvalue weighted by molar-refractivity contribution is -0.137. The van der Waals surface area contributed by atoms with E-state index in [9.17, 15) is 18.4 Å². The van der Waals surface area contributed by atoms with Crippen LogP contribution in [-0.2, 0) is 6.18 Å². The Bertz CT molecular complexity index is 497. The molecule has 21 heavy (non-hydrogen) atoms. The molecule has 0 aliphatic heterocycles. The third-order valence-electron chi connectivity index (χ3n) is 3.93. The predicted octanol–water partition coefficient (Wildman–Crippen LogP) is 4.58. The molecular weight excluding hydrogens is 277 g/mol. The van der Waals surface area contributed by atoms with Crippen LogP contribution in [0.2, 0.25) is 0 Å². The van der Waals surface area contributed by atoms with Crippen molar-refractivity contribution in [3.8, 4) is 6.07 Å². The minimum Gasteiger partial charge on any atom is -0.295 e. The third-order valence-corrected chi connectivity index (χ3v) is 3.93. The maximum atomic E-state index is 12.7. The third kappa shape index (κ3) is 4.47. The van der Waals surface area contributed by atoms with Gasteiger partial charge in [-0.25, -0.2) is 0 Å². The highest BCUT2D eigenvalue weighted by atomic mass is 19.4. The number of nitrogens with zero attached hydrogens (tertiary/aromatic N) is 1. The van der Waals surface area contributed by atoms with Crippen molar-refractivity contribution >= 4 is 0 Å². The van der Waals surface area contributed by atoms with E-state index >= 15 is 0 Å². The number of benzene rings is 1. The van der Waals surface area contributed by atoms with Gasteiger partial charge in [0.25, 0.3) is 0 Å². The van der Waals surface area contributed by atoms with Crippen LogP contribution < -0.4 is 5.32 Å². The summed E-state index contributed by atoms with van der Waals surface area (Å²) in [7, 11) is 0. The Kier molecular flexibility index (Phi) is 5.24. The van der Waals surface area contributed by atoms with E-state index in [0.717, 1.165) is 37.8 Å². The van der Waals surface area contributed by atoms with Crippen LogP contribution in [0.25, 0.3) is 0 Å². The standard InChI is InChI=1S/C16H19F3N2/c17-16(18,19)13-7-5-6-12(10-13)15(11-20)21-14-8-3-1-2-4-9-14/h5-7,10,14-15,21H,1-4,8-9H2. The Morgan fingerprint density at radius 3 is 2.38 bits per heavy atom. The van der Waals surface area contributed by atoms with E-state index in [1.807, 2.05) is 0 Å². The Balaban J connectivity index is 2.12. The van der Waals surface area contributed by atoms with E-state index in [-0.39, 0.29) is 6.04 Å². The Morgan fingerprint density at radius 2 is 1.81 bits per heavy atom. The van der Waals surface area contributed by atoms with Crippen molar-refractivity contribution in [1.82, 2.24) is 5.32 Å². The molecule has 0 heterocycles. The maximum Gasteiger partial charge on any atom is 0.416 e. The van der Waals surface area contributed by atoms with Gasteiger partial charge in [0.1, 0.15) is 6.04 Å². The Hall–Kier alpha value is -1.54. The molecule has 1 aliphatic carbocycles. The van der Waals surface area contributed by atoms with Crippen LogP contribution in [0.4, 0.5) is 13.2 Å². The largest absolute Gasteiger partial charge is 0.416 e. The van der Waals surface area contributed by atoms with Crippen LogP contribution in [0.5, 0.6) is 0 Å². The summed E-state index contributed by atoms with van der Waals surface area (Å²) in [6.45, 7) is 0. The fourth-order valence-corrected chi connectivity index (χ4v) is 2.78. The summed E-state index contributed by atoms with van der Waals surface area (Å²) in [5.74, 6) is 0. The molecule has 0 aromatic heterocycles. The molecule has 0 saturated heterocycles. The highest BCUT2D eigenvalue weighted by Crippen LogP contribution is 2.31. The van der Waals surface area contributed by atoms with E-state index in [0.29, 0.717) is 5.56 Å². The van der Waals surface area contributed by atoms with Gasteiger partial charge >= 0.3 is 6.18 Å². The first kappa shape index (κ1) is 15.8. The molecule has 1 N–H and O–H groups in total. The summed E-state index contributed by atoms with van der Waals surface area (Å²) >= 11 is 0. The van der Waals surface area contributed by atoms with E-state index in [4.69, 9.17) is 0 Å². The molecule has 1 unspecified atom stereocenters. The number of nitriles is 1. The van der Waals surface area contributed by atoms with Gasteiger partial charge in [0, 0.05) is 6.04 Å². The molecule has 114 valence electrons. The molecule has 0 spiro atoms. The SMILES string of the molecule is N#CC(NC1CCCCCC1)c1cccc(C(F)(F)F)c1. The summed E-state index contributed by atoms with van der Waals surface area (Å²) in [6, 6.07) is 6.65. The molecule has 1 aromatic rings. The monoisotopic (exact) mass is 296 g/mol. The van der Waals surface area contributed by atoms with Crippen LogP contribution in [0, 0.1) is 11.3 Å². The zero-order valence-corrected chi connectivity index (χ0v) is 11.8. The molecule has 0 amide bonds. The van der Waals surface area contributed by atoms with E-state index in [1.54, 1.807) is 6.07 Å². The number of hydrogen-bond donors (Lipinski definition) is 1. The first-order valence-corrected chi connectivity index (χ1v) is 7.33. The second kappa shape index (κ2) is 6.95. The molecule has 2 rings (SSSR count). The molecule has 1 aliphatic rings. The molecule has 2 nitrogen and oxygen atoms in total. The van der Waals surface area contributed by atoms with Gasteiger partial charge in [-0.15, -0.1) is 0 Å². The lowest BCUT2D eigenvalue weighted by atomic mass is 10.0. The Morgan fingerprint density at radius 1 is 1.14 bits per heavy atom. The van der Waals surface area contributed by atoms with Gasteiger partial charge in [-0.05, 0) is 30.5 Å². The van der Waals surface area contributed by atoms with Crippen molar-refractivity contribution in [3.05, 3.63) is 35.4 Å². The summed E-state index contributed by atoms with van der Waals surface area (Å²) in [5.41, 5.74) is -0.320. The molecule has 0 radical (unpaired) electrons. The lowest BCUT2D eigenvalue weighted by Crippen LogP contribution is -2.32. The first-order valence-electron chi connectivity index (χ1n) is 7.33. The molecule has 1 fully saturated rings. The van der Waals surface area contributed by atoms with Gasteiger partial charge in [0.15, 0.2) is 0 Å². The van der Waals surface area contributed by atoms with Crippen molar-refractivity contribution in [2.45, 2.75) is 56.8 Å². The second-order valence-electron chi connectivity index (χ2n) is 5.54. The second-order valence-corrected chi connectivity index (χ2v) is 5.54. The highest BCUT2D eigenvalue weighted by molar-refractivity contribution is 5.31. The number of rotatable bonds is 3. The van der Waals surface area contributed by atoms with Gasteiger partial charge < -0.3 is 0 Å². The van der Waals surface area contributed by atoms with Crippen molar-refractivity contribution in [3.63, 3.8) is 0 Å². The molecular formula is C16H19F3N2. The van der Waals surface area contributed by atoms with Crippen LogP contribution in [-0.4, -0.2) is 6.04 Å². The smallest absolute Gasteiger partial charge is 0.295 e. The summed E-state index contributed by atoms with van der Waals surface area (Å²) in [4.78, 5) is 0. The topological polar surface area (TPSA) is 35.8 Å². The molecule has 0 bridgehead atoms. The first-order chi connectivity index (χ1) is 10.0. The van der Waals surface area contributed by atoms with Crippen molar-refractivity contribution in [2.75, 3.05) is 0 Å². The summed E-state index contributed by atoms with van der Waals surface area (Å²) in [5, 5.41) is 12.5. The van der Waals surface area contributed by atoms with E-state index < -0.39 is 17.8 Å². The minimum atomic E-state index is -4.38. The maximum absolute atomic E-state index is 12.7. The zero-order valence-electron chi connectivity index (χ0n) is 11.8. The van der Waals surface area contributed by atoms with Crippen molar-refractivity contribution in [1.29, 1.82) is 5.26 Å². The summed E-state index contributed by atoms with van der Waals surface area (Å²) in [6.07, 6.45) is 2.20. The quantitative estimate of drug-likeness (QED) is 0.829. The van der Waals surface area contributed by atoms with Crippen molar-refractivity contribution < 1.29 is 13.2 Å². The van der Waals surface area contributed by atoms with Crippen molar-refractivity contribution in [2.24, 2.45) is 0 Å². The van der Waals surface area contributed by atoms with E-state index in [2.05, 4.69) is 11.4 Å². The van der Waals surface area contributed by atoms with Gasteiger partial charge in [-0.3, -0.25) is 5.32 Å². The zero-order chi connectivity index (χ0) is 15.3. The van der Waals surface area contributed by atoms with Crippen LogP contribution in [0.1, 0.15) is 55.7 Å². The molecule has 1 atom stereocenters. The van der Waals surface area contributed by atoms with E-state index in [1.165, 1.54) is 18.9 Å². The average molecular weight is 296 g/mol. The Labute approximate surface area is 123 Å². The molecule has 1 aromatic carbocycles. The predicted molar refractivity (Wildman–Crippen MR) is 74.4 cm³/mol. The number of alkyl halides is 3. The number of hydrogen-bond acceptors (Lipinski definition) is 2. The molecule has 1 saturated carbocycles. The average Bonchev–Trinajstić information content (AvgIpc) is 2.72.